The van der Waals surface area contributed by atoms with Gasteiger partial charge in [-0.25, -0.2) is 4.40 Å². The molecule has 0 bridgehead atoms. The zero-order valence-electron chi connectivity index (χ0n) is 13.1. The molecule has 2 heterocycles. The highest BCUT2D eigenvalue weighted by Crippen LogP contribution is 2.21. The number of halogens is 1. The van der Waals surface area contributed by atoms with E-state index in [-0.39, 0.29) is 5.56 Å². The first-order chi connectivity index (χ1) is 12.2. The van der Waals surface area contributed by atoms with Crippen molar-refractivity contribution in [1.82, 2.24) is 14.6 Å². The van der Waals surface area contributed by atoms with Crippen molar-refractivity contribution in [3.8, 4) is 17.1 Å². The molecule has 124 valence electrons. The Balaban J connectivity index is 1.91. The van der Waals surface area contributed by atoms with Crippen molar-refractivity contribution in [1.29, 1.82) is 0 Å². The van der Waals surface area contributed by atoms with E-state index in [1.54, 1.807) is 11.5 Å². The summed E-state index contributed by atoms with van der Waals surface area (Å²) >= 11 is 4.72. The van der Waals surface area contributed by atoms with E-state index in [2.05, 4.69) is 26.1 Å². The largest absolute Gasteiger partial charge is 0.496 e. The van der Waals surface area contributed by atoms with Crippen molar-refractivity contribution in [3.63, 3.8) is 0 Å². The molecule has 2 aromatic heterocycles. The second-order valence-corrected chi connectivity index (χ2v) is 7.23. The average molecular weight is 414 g/mol. The Kier molecular flexibility index (Phi) is 4.10. The lowest BCUT2D eigenvalue weighted by Gasteiger charge is -2.02. The molecule has 0 aliphatic rings. The summed E-state index contributed by atoms with van der Waals surface area (Å²) in [5.41, 5.74) is 1.56. The fourth-order valence-electron chi connectivity index (χ4n) is 2.58. The Labute approximate surface area is 155 Å². The molecule has 0 atom stereocenters. The summed E-state index contributed by atoms with van der Waals surface area (Å²) in [7, 11) is 1.61. The highest BCUT2D eigenvalue weighted by Gasteiger charge is 2.14. The third-order valence-corrected chi connectivity index (χ3v) is 5.26. The third kappa shape index (κ3) is 2.85. The van der Waals surface area contributed by atoms with Crippen LogP contribution >= 0.6 is 27.3 Å². The van der Waals surface area contributed by atoms with Gasteiger partial charge in [0.25, 0.3) is 5.56 Å². The molecule has 0 saturated heterocycles. The highest BCUT2D eigenvalue weighted by atomic mass is 79.9. The van der Waals surface area contributed by atoms with Crippen LogP contribution in [0, 0.1) is 0 Å². The van der Waals surface area contributed by atoms with E-state index in [0.29, 0.717) is 15.3 Å². The molecule has 25 heavy (non-hydrogen) atoms. The van der Waals surface area contributed by atoms with Crippen molar-refractivity contribution < 1.29 is 4.74 Å². The molecular formula is C18H12BrN3O2S. The van der Waals surface area contributed by atoms with Crippen molar-refractivity contribution >= 4 is 38.3 Å². The molecule has 5 nitrogen and oxygen atoms in total. The lowest BCUT2D eigenvalue weighted by atomic mass is 10.2. The SMILES string of the molecule is COc1ccccc1/C=c1\sc2nnc(-c3ccc(Br)cc3)n2c1=O. The van der Waals surface area contributed by atoms with Gasteiger partial charge in [0, 0.05) is 15.6 Å². The molecule has 0 unspecified atom stereocenters. The first kappa shape index (κ1) is 16.0. The van der Waals surface area contributed by atoms with Gasteiger partial charge in [0.2, 0.25) is 4.96 Å². The summed E-state index contributed by atoms with van der Waals surface area (Å²) in [5, 5.41) is 8.32. The van der Waals surface area contributed by atoms with E-state index in [1.807, 2.05) is 54.6 Å². The van der Waals surface area contributed by atoms with E-state index in [1.165, 1.54) is 11.3 Å². The fourth-order valence-corrected chi connectivity index (χ4v) is 3.74. The van der Waals surface area contributed by atoms with Gasteiger partial charge in [0.15, 0.2) is 5.82 Å². The van der Waals surface area contributed by atoms with E-state index in [0.717, 1.165) is 21.3 Å². The maximum atomic E-state index is 12.9. The maximum absolute atomic E-state index is 12.9. The molecule has 0 aliphatic carbocycles. The summed E-state index contributed by atoms with van der Waals surface area (Å²) in [6.07, 6.45) is 1.83. The number of ether oxygens (including phenoxy) is 1. The monoisotopic (exact) mass is 413 g/mol. The van der Waals surface area contributed by atoms with Crippen LogP contribution in [0.3, 0.4) is 0 Å². The summed E-state index contributed by atoms with van der Waals surface area (Å²) < 4.78 is 8.46. The molecule has 0 spiro atoms. The zero-order chi connectivity index (χ0) is 17.4. The van der Waals surface area contributed by atoms with Crippen LogP contribution < -0.4 is 14.8 Å². The van der Waals surface area contributed by atoms with Gasteiger partial charge in [0.05, 0.1) is 11.6 Å². The van der Waals surface area contributed by atoms with Crippen LogP contribution in [0.1, 0.15) is 5.56 Å². The van der Waals surface area contributed by atoms with Crippen molar-refractivity contribution in [2.75, 3.05) is 7.11 Å². The molecule has 0 radical (unpaired) electrons. The number of para-hydroxylation sites is 1. The number of hydrogen-bond donors (Lipinski definition) is 0. The number of rotatable bonds is 3. The first-order valence-electron chi connectivity index (χ1n) is 7.46. The molecule has 2 aromatic carbocycles. The second kappa shape index (κ2) is 6.42. The number of aromatic nitrogens is 3. The third-order valence-electron chi connectivity index (χ3n) is 3.78. The standard InChI is InChI=1S/C18H12BrN3O2S/c1-24-14-5-3-2-4-12(14)10-15-17(23)22-16(20-21-18(22)25-15)11-6-8-13(19)9-7-11/h2-10H,1H3/b15-10-. The summed E-state index contributed by atoms with van der Waals surface area (Å²) in [6, 6.07) is 15.2. The fraction of sp³-hybridized carbons (Fsp3) is 0.0556. The minimum Gasteiger partial charge on any atom is -0.496 e. The van der Waals surface area contributed by atoms with Gasteiger partial charge < -0.3 is 4.74 Å². The molecule has 0 aliphatic heterocycles. The number of nitrogens with zero attached hydrogens (tertiary/aromatic N) is 3. The predicted molar refractivity (Wildman–Crippen MR) is 102 cm³/mol. The summed E-state index contributed by atoms with van der Waals surface area (Å²) in [4.78, 5) is 13.4. The number of benzene rings is 2. The van der Waals surface area contributed by atoms with Gasteiger partial charge in [-0.05, 0) is 24.3 Å². The van der Waals surface area contributed by atoms with Gasteiger partial charge in [-0.2, -0.15) is 0 Å². The number of thiazole rings is 1. The van der Waals surface area contributed by atoms with Crippen LogP contribution in [0.5, 0.6) is 5.75 Å². The highest BCUT2D eigenvalue weighted by molar-refractivity contribution is 9.10. The van der Waals surface area contributed by atoms with Crippen LogP contribution in [0.2, 0.25) is 0 Å². The zero-order valence-corrected chi connectivity index (χ0v) is 15.5. The van der Waals surface area contributed by atoms with Crippen LogP contribution in [0.4, 0.5) is 0 Å². The van der Waals surface area contributed by atoms with Gasteiger partial charge in [-0.3, -0.25) is 4.79 Å². The molecule has 4 aromatic rings. The molecule has 0 N–H and O–H groups in total. The van der Waals surface area contributed by atoms with Crippen molar-refractivity contribution in [3.05, 3.63) is 73.5 Å². The van der Waals surface area contributed by atoms with Gasteiger partial charge in [-0.15, -0.1) is 10.2 Å². The molecule has 4 rings (SSSR count). The quantitative estimate of drug-likeness (QED) is 0.517. The topological polar surface area (TPSA) is 56.5 Å². The van der Waals surface area contributed by atoms with Gasteiger partial charge in [-0.1, -0.05) is 57.6 Å². The van der Waals surface area contributed by atoms with Crippen LogP contribution in [0.25, 0.3) is 22.4 Å². The molecule has 7 heteroatoms. The summed E-state index contributed by atoms with van der Waals surface area (Å²) in [5.74, 6) is 1.27. The number of methoxy groups -OCH3 is 1. The lowest BCUT2D eigenvalue weighted by molar-refractivity contribution is 0.414. The molecule has 0 amide bonds. The number of hydrogen-bond acceptors (Lipinski definition) is 5. The van der Waals surface area contributed by atoms with E-state index >= 15 is 0 Å². The van der Waals surface area contributed by atoms with Crippen LogP contribution in [0.15, 0.2) is 57.8 Å². The Morgan fingerprint density at radius 3 is 2.64 bits per heavy atom. The average Bonchev–Trinajstić information content (AvgIpc) is 3.17. The Morgan fingerprint density at radius 1 is 1.12 bits per heavy atom. The van der Waals surface area contributed by atoms with E-state index in [9.17, 15) is 4.79 Å². The Bertz CT molecular complexity index is 1170. The van der Waals surface area contributed by atoms with Crippen LogP contribution in [-0.4, -0.2) is 21.7 Å². The van der Waals surface area contributed by atoms with Gasteiger partial charge in [0.1, 0.15) is 5.75 Å². The van der Waals surface area contributed by atoms with Gasteiger partial charge >= 0.3 is 0 Å². The minimum atomic E-state index is -0.131. The summed E-state index contributed by atoms with van der Waals surface area (Å²) in [6.45, 7) is 0. The van der Waals surface area contributed by atoms with Crippen molar-refractivity contribution in [2.24, 2.45) is 0 Å². The lowest BCUT2D eigenvalue weighted by Crippen LogP contribution is -2.23. The van der Waals surface area contributed by atoms with Crippen molar-refractivity contribution in [2.45, 2.75) is 0 Å². The predicted octanol–water partition coefficient (Wildman–Crippen LogP) is 3.14. The Hall–Kier alpha value is -2.51. The minimum absolute atomic E-state index is 0.131. The molecular weight excluding hydrogens is 402 g/mol. The van der Waals surface area contributed by atoms with Crippen LogP contribution in [-0.2, 0) is 0 Å². The Morgan fingerprint density at radius 2 is 1.88 bits per heavy atom. The smallest absolute Gasteiger partial charge is 0.276 e. The van der Waals surface area contributed by atoms with E-state index < -0.39 is 0 Å². The molecule has 0 saturated carbocycles. The maximum Gasteiger partial charge on any atom is 0.276 e. The normalized spacial score (nSPS) is 12.0. The van der Waals surface area contributed by atoms with E-state index in [4.69, 9.17) is 4.74 Å². The number of fused-ring (bicyclic) bond motifs is 1. The molecule has 0 fully saturated rings. The second-order valence-electron chi connectivity index (χ2n) is 5.31. The first-order valence-corrected chi connectivity index (χ1v) is 9.07.